The van der Waals surface area contributed by atoms with Gasteiger partial charge < -0.3 is 15.1 Å². The van der Waals surface area contributed by atoms with E-state index in [1.54, 1.807) is 0 Å². The van der Waals surface area contributed by atoms with Gasteiger partial charge in [0.25, 0.3) is 0 Å². The van der Waals surface area contributed by atoms with Gasteiger partial charge in [-0.1, -0.05) is 0 Å². The molecule has 6 nitrogen and oxygen atoms in total. The molecule has 1 saturated heterocycles. The standard InChI is InChI=1S/C3H9B3N3O3/c10-4-7-1-8(5-11)3-9(2-7)6-12/h10-12H,1-3H2. The molecule has 0 aromatic carbocycles. The molecule has 1 rings (SSSR count). The maximum absolute atomic E-state index is 8.67. The Balaban J connectivity index is 2.41. The molecular formula is C3H9B3N3O3. The van der Waals surface area contributed by atoms with E-state index in [9.17, 15) is 0 Å². The molecule has 0 aromatic heterocycles. The molecule has 1 aliphatic rings. The molecule has 0 spiro atoms. The van der Waals surface area contributed by atoms with E-state index >= 15 is 0 Å². The van der Waals surface area contributed by atoms with Crippen molar-refractivity contribution in [2.45, 2.75) is 0 Å². The molecule has 63 valence electrons. The third kappa shape index (κ3) is 2.48. The predicted molar refractivity (Wildman–Crippen MR) is 44.0 cm³/mol. The first-order valence-electron chi connectivity index (χ1n) is 3.45. The zero-order valence-corrected chi connectivity index (χ0v) is 6.54. The molecular weight excluding hydrogens is 158 g/mol. The van der Waals surface area contributed by atoms with Crippen LogP contribution in [-0.2, 0) is 0 Å². The minimum Gasteiger partial charge on any atom is -0.440 e. The molecule has 0 amide bonds. The molecule has 0 aromatic rings. The highest BCUT2D eigenvalue weighted by atomic mass is 16.2. The van der Waals surface area contributed by atoms with Gasteiger partial charge >= 0.3 is 22.9 Å². The van der Waals surface area contributed by atoms with Crippen LogP contribution in [0.5, 0.6) is 0 Å². The molecule has 3 N–H and O–H groups in total. The number of hydrogen-bond acceptors (Lipinski definition) is 6. The topological polar surface area (TPSA) is 70.4 Å². The SMILES string of the molecule is O[B]N1CN([B]O)CN([B]O)C1. The lowest BCUT2D eigenvalue weighted by atomic mass is 10.1. The highest BCUT2D eigenvalue weighted by Crippen LogP contribution is 2.01. The van der Waals surface area contributed by atoms with Crippen LogP contribution >= 0.6 is 0 Å². The first-order chi connectivity index (χ1) is 5.80. The average molecular weight is 168 g/mol. The smallest absolute Gasteiger partial charge is 0.398 e. The summed E-state index contributed by atoms with van der Waals surface area (Å²) >= 11 is 0. The minimum atomic E-state index is 0.400. The van der Waals surface area contributed by atoms with Crippen LogP contribution in [0.15, 0.2) is 0 Å². The minimum absolute atomic E-state index is 0.400. The summed E-state index contributed by atoms with van der Waals surface area (Å²) in [5, 5.41) is 26.0. The summed E-state index contributed by atoms with van der Waals surface area (Å²) in [6.45, 7) is 1.20. The van der Waals surface area contributed by atoms with Crippen molar-refractivity contribution < 1.29 is 15.1 Å². The number of nitrogens with zero attached hydrogens (tertiary/aromatic N) is 3. The van der Waals surface area contributed by atoms with Gasteiger partial charge in [-0.3, -0.25) is 14.4 Å². The van der Waals surface area contributed by atoms with E-state index in [0.717, 1.165) is 22.9 Å². The first-order valence-corrected chi connectivity index (χ1v) is 3.45. The second-order valence-corrected chi connectivity index (χ2v) is 2.54. The zero-order chi connectivity index (χ0) is 8.97. The first kappa shape index (κ1) is 10.0. The quantitative estimate of drug-likeness (QED) is 0.377. The molecule has 1 heterocycles. The van der Waals surface area contributed by atoms with Crippen LogP contribution in [0, 0.1) is 0 Å². The van der Waals surface area contributed by atoms with Gasteiger partial charge in [0.05, 0.1) is 0 Å². The highest BCUT2D eigenvalue weighted by Gasteiger charge is 2.23. The Morgan fingerprint density at radius 1 is 0.667 bits per heavy atom. The fraction of sp³-hybridized carbons (Fsp3) is 1.00. The zero-order valence-electron chi connectivity index (χ0n) is 6.54. The third-order valence-electron chi connectivity index (χ3n) is 1.58. The van der Waals surface area contributed by atoms with Crippen LogP contribution in [0.3, 0.4) is 0 Å². The lowest BCUT2D eigenvalue weighted by Crippen LogP contribution is -2.57. The largest absolute Gasteiger partial charge is 0.440 e. The van der Waals surface area contributed by atoms with Crippen LogP contribution in [0.25, 0.3) is 0 Å². The predicted octanol–water partition coefficient (Wildman–Crippen LogP) is -3.64. The van der Waals surface area contributed by atoms with Crippen molar-refractivity contribution >= 4 is 22.9 Å². The molecule has 0 atom stereocenters. The summed E-state index contributed by atoms with van der Waals surface area (Å²) in [6, 6.07) is 0. The van der Waals surface area contributed by atoms with Crippen molar-refractivity contribution in [3.8, 4) is 0 Å². The van der Waals surface area contributed by atoms with Gasteiger partial charge in [0.1, 0.15) is 0 Å². The summed E-state index contributed by atoms with van der Waals surface area (Å²) in [5.74, 6) is 0. The summed E-state index contributed by atoms with van der Waals surface area (Å²) in [5.41, 5.74) is 0. The molecule has 1 fully saturated rings. The Bertz CT molecular complexity index is 111. The Hall–Kier alpha value is -0.0452. The summed E-state index contributed by atoms with van der Waals surface area (Å²) in [7, 11) is 2.73. The van der Waals surface area contributed by atoms with Crippen molar-refractivity contribution in [2.24, 2.45) is 0 Å². The fourth-order valence-electron chi connectivity index (χ4n) is 1.05. The Morgan fingerprint density at radius 3 is 1.08 bits per heavy atom. The third-order valence-corrected chi connectivity index (χ3v) is 1.58. The van der Waals surface area contributed by atoms with Crippen LogP contribution < -0.4 is 0 Å². The van der Waals surface area contributed by atoms with Crippen LogP contribution in [0.4, 0.5) is 0 Å². The molecule has 12 heavy (non-hydrogen) atoms. The van der Waals surface area contributed by atoms with Crippen molar-refractivity contribution in [3.05, 3.63) is 0 Å². The van der Waals surface area contributed by atoms with Crippen molar-refractivity contribution in [1.29, 1.82) is 0 Å². The normalized spacial score (nSPS) is 22.2. The van der Waals surface area contributed by atoms with Gasteiger partial charge in [0.2, 0.25) is 0 Å². The molecule has 0 unspecified atom stereocenters. The van der Waals surface area contributed by atoms with Gasteiger partial charge in [-0.25, -0.2) is 0 Å². The Labute approximate surface area is 73.3 Å². The van der Waals surface area contributed by atoms with E-state index in [1.165, 1.54) is 14.4 Å². The van der Waals surface area contributed by atoms with Gasteiger partial charge in [-0.15, -0.1) is 0 Å². The van der Waals surface area contributed by atoms with E-state index in [4.69, 9.17) is 15.1 Å². The maximum Gasteiger partial charge on any atom is 0.398 e. The van der Waals surface area contributed by atoms with Gasteiger partial charge in [-0.2, -0.15) is 0 Å². The summed E-state index contributed by atoms with van der Waals surface area (Å²) in [4.78, 5) is 4.55. The van der Waals surface area contributed by atoms with E-state index in [1.807, 2.05) is 0 Å². The monoisotopic (exact) mass is 168 g/mol. The number of rotatable bonds is 3. The lowest BCUT2D eigenvalue weighted by Gasteiger charge is -2.39. The van der Waals surface area contributed by atoms with Gasteiger partial charge in [-0.05, 0) is 0 Å². The van der Waals surface area contributed by atoms with Gasteiger partial charge in [0, 0.05) is 20.0 Å². The van der Waals surface area contributed by atoms with Crippen LogP contribution in [0.1, 0.15) is 0 Å². The second kappa shape index (κ2) is 4.85. The summed E-state index contributed by atoms with van der Waals surface area (Å²) < 4.78 is 0. The lowest BCUT2D eigenvalue weighted by molar-refractivity contribution is 0.0997. The van der Waals surface area contributed by atoms with Crippen LogP contribution in [0.2, 0.25) is 0 Å². The molecule has 1 aliphatic heterocycles. The molecule has 0 aliphatic carbocycles. The summed E-state index contributed by atoms with van der Waals surface area (Å²) in [6.07, 6.45) is 0. The van der Waals surface area contributed by atoms with E-state index in [2.05, 4.69) is 0 Å². The van der Waals surface area contributed by atoms with Crippen LogP contribution in [-0.4, -0.2) is 72.4 Å². The highest BCUT2D eigenvalue weighted by molar-refractivity contribution is 6.25. The van der Waals surface area contributed by atoms with E-state index in [0.29, 0.717) is 20.0 Å². The van der Waals surface area contributed by atoms with Crippen molar-refractivity contribution in [1.82, 2.24) is 14.4 Å². The molecule has 9 heteroatoms. The van der Waals surface area contributed by atoms with Crippen molar-refractivity contribution in [3.63, 3.8) is 0 Å². The molecule has 0 saturated carbocycles. The molecule has 0 bridgehead atoms. The average Bonchev–Trinajstić information content (AvgIpc) is 2.16. The van der Waals surface area contributed by atoms with Crippen molar-refractivity contribution in [2.75, 3.05) is 20.0 Å². The Kier molecular flexibility index (Phi) is 4.06. The van der Waals surface area contributed by atoms with E-state index < -0.39 is 0 Å². The second-order valence-electron chi connectivity index (χ2n) is 2.54. The number of hydrogen-bond donors (Lipinski definition) is 3. The van der Waals surface area contributed by atoms with E-state index in [-0.39, 0.29) is 0 Å². The van der Waals surface area contributed by atoms with Gasteiger partial charge in [0.15, 0.2) is 0 Å². The maximum atomic E-state index is 8.67. The fourth-order valence-corrected chi connectivity index (χ4v) is 1.05. The molecule has 3 radical (unpaired) electrons. The Morgan fingerprint density at radius 2 is 0.917 bits per heavy atom.